The van der Waals surface area contributed by atoms with Crippen LogP contribution in [0.3, 0.4) is 0 Å². The van der Waals surface area contributed by atoms with E-state index in [4.69, 9.17) is 16.3 Å². The fourth-order valence-electron chi connectivity index (χ4n) is 1.77. The van der Waals surface area contributed by atoms with Gasteiger partial charge in [-0.05, 0) is 37.3 Å². The highest BCUT2D eigenvalue weighted by molar-refractivity contribution is 6.32. The molecule has 0 spiro atoms. The zero-order valence-corrected chi connectivity index (χ0v) is 12.4. The first kappa shape index (κ1) is 15.1. The molecule has 0 aliphatic carbocycles. The molecule has 0 aliphatic heterocycles. The second kappa shape index (κ2) is 6.41. The van der Waals surface area contributed by atoms with Crippen molar-refractivity contribution in [3.8, 4) is 11.5 Å². The molecule has 0 aliphatic rings. The van der Waals surface area contributed by atoms with Crippen molar-refractivity contribution in [1.29, 1.82) is 0 Å². The summed E-state index contributed by atoms with van der Waals surface area (Å²) in [5, 5.41) is 3.02. The van der Waals surface area contributed by atoms with Crippen LogP contribution in [0.15, 0.2) is 42.5 Å². The highest BCUT2D eigenvalue weighted by atomic mass is 35.5. The van der Waals surface area contributed by atoms with Crippen molar-refractivity contribution in [1.82, 2.24) is 0 Å². The number of ether oxygens (including phenoxy) is 1. The maximum atomic E-state index is 11.3. The van der Waals surface area contributed by atoms with Crippen LogP contribution >= 0.6 is 11.6 Å². The Morgan fingerprint density at radius 3 is 2.38 bits per heavy atom. The molecule has 2 rings (SSSR count). The fourth-order valence-corrected chi connectivity index (χ4v) is 1.99. The molecule has 1 amide bonds. The molecule has 2 aromatic carbocycles. The summed E-state index contributed by atoms with van der Waals surface area (Å²) in [6.07, 6.45) is 0. The maximum Gasteiger partial charge on any atom is 0.221 e. The lowest BCUT2D eigenvalue weighted by atomic mass is 10.1. The molecule has 1 N–H and O–H groups in total. The van der Waals surface area contributed by atoms with E-state index in [1.165, 1.54) is 13.8 Å². The SMILES string of the molecule is CC(=O)Nc1ccccc1Oc1ccc(C(C)=O)cc1Cl. The lowest BCUT2D eigenvalue weighted by Gasteiger charge is -2.12. The molecule has 0 saturated heterocycles. The monoisotopic (exact) mass is 303 g/mol. The summed E-state index contributed by atoms with van der Waals surface area (Å²) < 4.78 is 5.72. The molecule has 2 aromatic rings. The number of benzene rings is 2. The number of rotatable bonds is 4. The van der Waals surface area contributed by atoms with E-state index >= 15 is 0 Å². The van der Waals surface area contributed by atoms with Gasteiger partial charge >= 0.3 is 0 Å². The van der Waals surface area contributed by atoms with E-state index in [1.54, 1.807) is 42.5 Å². The van der Waals surface area contributed by atoms with E-state index in [2.05, 4.69) is 5.32 Å². The molecule has 5 heteroatoms. The molecule has 21 heavy (non-hydrogen) atoms. The van der Waals surface area contributed by atoms with Gasteiger partial charge in [0.1, 0.15) is 5.75 Å². The second-order valence-corrected chi connectivity index (χ2v) is 4.89. The number of hydrogen-bond donors (Lipinski definition) is 1. The molecule has 0 bridgehead atoms. The standard InChI is InChI=1S/C16H14ClNO3/c1-10(19)12-7-8-15(13(17)9-12)21-16-6-4-3-5-14(16)18-11(2)20/h3-9H,1-2H3,(H,18,20). The third-order valence-corrected chi connectivity index (χ3v) is 3.05. The summed E-state index contributed by atoms with van der Waals surface area (Å²) in [5.41, 5.74) is 1.07. The number of Topliss-reactive ketones (excluding diaryl/α,β-unsaturated/α-hetero) is 1. The summed E-state index contributed by atoms with van der Waals surface area (Å²) in [4.78, 5) is 22.5. The van der Waals surface area contributed by atoms with E-state index < -0.39 is 0 Å². The van der Waals surface area contributed by atoms with Crippen molar-refractivity contribution in [2.45, 2.75) is 13.8 Å². The van der Waals surface area contributed by atoms with Gasteiger partial charge in [0.25, 0.3) is 0 Å². The van der Waals surface area contributed by atoms with E-state index in [0.29, 0.717) is 27.8 Å². The van der Waals surface area contributed by atoms with Crippen LogP contribution in [0.5, 0.6) is 11.5 Å². The first-order chi connectivity index (χ1) is 9.97. The summed E-state index contributed by atoms with van der Waals surface area (Å²) >= 11 is 6.12. The predicted molar refractivity (Wildman–Crippen MR) is 82.3 cm³/mol. The van der Waals surface area contributed by atoms with Crippen molar-refractivity contribution >= 4 is 29.0 Å². The molecular weight excluding hydrogens is 290 g/mol. The maximum absolute atomic E-state index is 11.3. The molecule has 4 nitrogen and oxygen atoms in total. The zero-order valence-electron chi connectivity index (χ0n) is 11.6. The third-order valence-electron chi connectivity index (χ3n) is 2.76. The first-order valence-electron chi connectivity index (χ1n) is 6.32. The van der Waals surface area contributed by atoms with Crippen LogP contribution in [0, 0.1) is 0 Å². The number of anilines is 1. The highest BCUT2D eigenvalue weighted by Crippen LogP contribution is 2.34. The van der Waals surface area contributed by atoms with Crippen LogP contribution in [0.4, 0.5) is 5.69 Å². The summed E-state index contributed by atoms with van der Waals surface area (Å²) in [6.45, 7) is 2.89. The Hall–Kier alpha value is -2.33. The Morgan fingerprint density at radius 2 is 1.76 bits per heavy atom. The fraction of sp³-hybridized carbons (Fsp3) is 0.125. The van der Waals surface area contributed by atoms with E-state index in [0.717, 1.165) is 0 Å². The summed E-state index contributed by atoms with van der Waals surface area (Å²) in [7, 11) is 0. The molecule has 0 aromatic heterocycles. The largest absolute Gasteiger partial charge is 0.454 e. The zero-order chi connectivity index (χ0) is 15.4. The molecule has 0 unspecified atom stereocenters. The minimum atomic E-state index is -0.191. The number of amides is 1. The van der Waals surface area contributed by atoms with Crippen LogP contribution in [0.2, 0.25) is 5.02 Å². The molecule has 0 radical (unpaired) electrons. The van der Waals surface area contributed by atoms with E-state index in [-0.39, 0.29) is 11.7 Å². The lowest BCUT2D eigenvalue weighted by Crippen LogP contribution is -2.06. The number of ketones is 1. The second-order valence-electron chi connectivity index (χ2n) is 4.48. The van der Waals surface area contributed by atoms with Gasteiger partial charge in [-0.2, -0.15) is 0 Å². The highest BCUT2D eigenvalue weighted by Gasteiger charge is 2.10. The smallest absolute Gasteiger partial charge is 0.221 e. The van der Waals surface area contributed by atoms with Gasteiger partial charge in [-0.1, -0.05) is 23.7 Å². The number of carbonyl (C=O) groups is 2. The Labute approximate surface area is 127 Å². The molecule has 108 valence electrons. The van der Waals surface area contributed by atoms with Crippen molar-refractivity contribution in [2.75, 3.05) is 5.32 Å². The summed E-state index contributed by atoms with van der Waals surface area (Å²) in [5.74, 6) is 0.635. The van der Waals surface area contributed by atoms with Crippen molar-refractivity contribution in [3.05, 3.63) is 53.1 Å². The van der Waals surface area contributed by atoms with Crippen molar-refractivity contribution in [3.63, 3.8) is 0 Å². The predicted octanol–water partition coefficient (Wildman–Crippen LogP) is 4.29. The third kappa shape index (κ3) is 3.83. The normalized spacial score (nSPS) is 10.0. The number of carbonyl (C=O) groups excluding carboxylic acids is 2. The average Bonchev–Trinajstić information content (AvgIpc) is 2.42. The molecule has 0 atom stereocenters. The first-order valence-corrected chi connectivity index (χ1v) is 6.70. The number of halogens is 1. The van der Waals surface area contributed by atoms with Gasteiger partial charge in [0.05, 0.1) is 10.7 Å². The topological polar surface area (TPSA) is 55.4 Å². The quantitative estimate of drug-likeness (QED) is 0.857. The molecule has 0 fully saturated rings. The van der Waals surface area contributed by atoms with Gasteiger partial charge in [-0.25, -0.2) is 0 Å². The Morgan fingerprint density at radius 1 is 1.05 bits per heavy atom. The van der Waals surface area contributed by atoms with Gasteiger partial charge in [0, 0.05) is 12.5 Å². The minimum Gasteiger partial charge on any atom is -0.454 e. The van der Waals surface area contributed by atoms with Crippen LogP contribution in [-0.4, -0.2) is 11.7 Å². The van der Waals surface area contributed by atoms with Crippen LogP contribution in [0.25, 0.3) is 0 Å². The Bertz CT molecular complexity index is 698. The van der Waals surface area contributed by atoms with Gasteiger partial charge in [-0.15, -0.1) is 0 Å². The molecule has 0 saturated carbocycles. The number of hydrogen-bond acceptors (Lipinski definition) is 3. The average molecular weight is 304 g/mol. The van der Waals surface area contributed by atoms with Gasteiger partial charge in [0.15, 0.2) is 11.5 Å². The van der Waals surface area contributed by atoms with E-state index in [9.17, 15) is 9.59 Å². The Balaban J connectivity index is 2.30. The Kier molecular flexibility index (Phi) is 4.60. The number of para-hydroxylation sites is 2. The van der Waals surface area contributed by atoms with Crippen LogP contribution in [-0.2, 0) is 4.79 Å². The molecular formula is C16H14ClNO3. The van der Waals surface area contributed by atoms with Gasteiger partial charge < -0.3 is 10.1 Å². The van der Waals surface area contributed by atoms with Crippen molar-refractivity contribution < 1.29 is 14.3 Å². The molecule has 0 heterocycles. The van der Waals surface area contributed by atoms with Crippen LogP contribution in [0.1, 0.15) is 24.2 Å². The van der Waals surface area contributed by atoms with Gasteiger partial charge in [-0.3, -0.25) is 9.59 Å². The van der Waals surface area contributed by atoms with E-state index in [1.807, 2.05) is 0 Å². The minimum absolute atomic E-state index is 0.0675. The number of nitrogens with one attached hydrogen (secondary N) is 1. The van der Waals surface area contributed by atoms with Gasteiger partial charge in [0.2, 0.25) is 5.91 Å². The van der Waals surface area contributed by atoms with Crippen LogP contribution < -0.4 is 10.1 Å². The summed E-state index contributed by atoms with van der Waals surface area (Å²) in [6, 6.07) is 11.9. The van der Waals surface area contributed by atoms with Crippen molar-refractivity contribution in [2.24, 2.45) is 0 Å². The lowest BCUT2D eigenvalue weighted by molar-refractivity contribution is -0.114.